The topological polar surface area (TPSA) is 35.5 Å². The van der Waals surface area contributed by atoms with Gasteiger partial charge in [-0.15, -0.1) is 0 Å². The Morgan fingerprint density at radius 1 is 1.54 bits per heavy atom. The molecule has 0 bridgehead atoms. The zero-order valence-corrected chi connectivity index (χ0v) is 8.47. The maximum Gasteiger partial charge on any atom is 0.314 e. The molecule has 3 nitrogen and oxygen atoms in total. The first-order chi connectivity index (χ1) is 6.18. The second-order valence-corrected chi connectivity index (χ2v) is 3.69. The first-order valence-corrected chi connectivity index (χ1v) is 4.68. The van der Waals surface area contributed by atoms with Gasteiger partial charge in [0.05, 0.1) is 12.0 Å². The van der Waals surface area contributed by atoms with Gasteiger partial charge in [0.1, 0.15) is 0 Å². The molecule has 4 heteroatoms. The van der Waals surface area contributed by atoms with Crippen LogP contribution in [0, 0.1) is 0 Å². The van der Waals surface area contributed by atoms with Crippen LogP contribution in [-0.2, 0) is 13.7 Å². The Morgan fingerprint density at radius 3 is 2.77 bits per heavy atom. The van der Waals surface area contributed by atoms with Crippen LogP contribution < -0.4 is 0 Å². The predicted octanol–water partition coefficient (Wildman–Crippen LogP) is 2.06. The highest BCUT2D eigenvalue weighted by molar-refractivity contribution is 7.96. The van der Waals surface area contributed by atoms with Gasteiger partial charge < -0.3 is 8.92 Å². The first-order valence-electron chi connectivity index (χ1n) is 3.94. The van der Waals surface area contributed by atoms with Gasteiger partial charge in [-0.25, -0.2) is 0 Å². The zero-order valence-electron chi connectivity index (χ0n) is 7.65. The van der Waals surface area contributed by atoms with E-state index in [-0.39, 0.29) is 5.97 Å². The number of hydrogen-bond donors (Lipinski definition) is 0. The van der Waals surface area contributed by atoms with Crippen LogP contribution in [0.5, 0.6) is 0 Å². The number of rotatable bonds is 3. The van der Waals surface area contributed by atoms with E-state index in [9.17, 15) is 4.79 Å². The van der Waals surface area contributed by atoms with Crippen molar-refractivity contribution in [2.24, 2.45) is 0 Å². The molecule has 0 aromatic carbocycles. The lowest BCUT2D eigenvalue weighted by atomic mass is 10.1. The minimum atomic E-state index is -0.541. The average molecular weight is 200 g/mol. The Hall–Kier alpha value is -0.740. The summed E-state index contributed by atoms with van der Waals surface area (Å²) < 4.78 is 10.1. The van der Waals surface area contributed by atoms with E-state index in [0.29, 0.717) is 6.42 Å². The largest absolute Gasteiger partial charge is 0.388 e. The Kier molecular flexibility index (Phi) is 3.57. The van der Waals surface area contributed by atoms with Crippen molar-refractivity contribution in [3.8, 4) is 0 Å². The van der Waals surface area contributed by atoms with Crippen LogP contribution in [0.2, 0.25) is 0 Å². The molecule has 0 amide bonds. The van der Waals surface area contributed by atoms with E-state index in [4.69, 9.17) is 8.92 Å². The van der Waals surface area contributed by atoms with Gasteiger partial charge in [0.2, 0.25) is 0 Å². The lowest BCUT2D eigenvalue weighted by Gasteiger charge is -2.26. The summed E-state index contributed by atoms with van der Waals surface area (Å²) in [6.45, 7) is 1.37. The molecule has 0 spiro atoms. The molecule has 0 aliphatic heterocycles. The summed E-state index contributed by atoms with van der Waals surface area (Å²) in [5, 5.41) is 0. The average Bonchev–Trinajstić information content (AvgIpc) is 2.16. The van der Waals surface area contributed by atoms with Crippen LogP contribution in [0.25, 0.3) is 0 Å². The summed E-state index contributed by atoms with van der Waals surface area (Å²) >= 11 is 1.04. The smallest absolute Gasteiger partial charge is 0.314 e. The zero-order chi connectivity index (χ0) is 9.73. The lowest BCUT2D eigenvalue weighted by Crippen LogP contribution is -2.25. The molecule has 0 radical (unpaired) electrons. The van der Waals surface area contributed by atoms with E-state index in [2.05, 4.69) is 0 Å². The highest BCUT2D eigenvalue weighted by Crippen LogP contribution is 2.34. The minimum absolute atomic E-state index is 0.315. The van der Waals surface area contributed by atoms with E-state index < -0.39 is 4.93 Å². The molecule has 1 atom stereocenters. The van der Waals surface area contributed by atoms with Gasteiger partial charge >= 0.3 is 5.97 Å². The van der Waals surface area contributed by atoms with Crippen molar-refractivity contribution in [3.05, 3.63) is 24.3 Å². The van der Waals surface area contributed by atoms with Crippen LogP contribution in [0.1, 0.15) is 13.3 Å². The molecule has 0 heterocycles. The third-order valence-electron chi connectivity index (χ3n) is 1.65. The monoisotopic (exact) mass is 200 g/mol. The molecular weight excluding hydrogens is 188 g/mol. The number of methoxy groups -OCH3 is 1. The van der Waals surface area contributed by atoms with Gasteiger partial charge in [-0.3, -0.25) is 4.79 Å². The van der Waals surface area contributed by atoms with Gasteiger partial charge in [0, 0.05) is 20.5 Å². The van der Waals surface area contributed by atoms with Gasteiger partial charge in [0.25, 0.3) is 0 Å². The molecule has 0 aromatic heterocycles. The summed E-state index contributed by atoms with van der Waals surface area (Å²) in [5.74, 6) is -0.315. The SMILES string of the molecule is COC1(SOC(C)=O)C=CC=CC1. The summed E-state index contributed by atoms with van der Waals surface area (Å²) in [4.78, 5) is 10.1. The summed E-state index contributed by atoms with van der Waals surface area (Å²) in [6, 6.07) is 0. The predicted molar refractivity (Wildman–Crippen MR) is 52.0 cm³/mol. The standard InChI is InChI=1S/C9H12O3S/c1-8(10)12-13-9(11-2)6-4-3-5-7-9/h3-6H,7H2,1-2H3. The highest BCUT2D eigenvalue weighted by Gasteiger charge is 2.30. The van der Waals surface area contributed by atoms with Crippen LogP contribution in [0.4, 0.5) is 0 Å². The van der Waals surface area contributed by atoms with E-state index in [1.54, 1.807) is 7.11 Å². The third-order valence-corrected chi connectivity index (χ3v) is 2.71. The Labute approximate surface area is 82.0 Å². The van der Waals surface area contributed by atoms with Crippen molar-refractivity contribution in [3.63, 3.8) is 0 Å². The van der Waals surface area contributed by atoms with Crippen LogP contribution in [-0.4, -0.2) is 18.0 Å². The first kappa shape index (κ1) is 10.3. The van der Waals surface area contributed by atoms with Crippen molar-refractivity contribution in [1.82, 2.24) is 0 Å². The van der Waals surface area contributed by atoms with Crippen molar-refractivity contribution in [2.75, 3.05) is 7.11 Å². The fourth-order valence-electron chi connectivity index (χ4n) is 0.957. The van der Waals surface area contributed by atoms with Gasteiger partial charge in [-0.1, -0.05) is 18.2 Å². The van der Waals surface area contributed by atoms with Crippen molar-refractivity contribution >= 4 is 18.0 Å². The van der Waals surface area contributed by atoms with E-state index in [1.165, 1.54) is 6.92 Å². The highest BCUT2D eigenvalue weighted by atomic mass is 32.2. The molecule has 13 heavy (non-hydrogen) atoms. The summed E-state index contributed by atoms with van der Waals surface area (Å²) in [5.41, 5.74) is 0. The third kappa shape index (κ3) is 2.90. The van der Waals surface area contributed by atoms with Crippen molar-refractivity contribution in [1.29, 1.82) is 0 Å². The Bertz CT molecular complexity index is 247. The van der Waals surface area contributed by atoms with Gasteiger partial charge in [-0.05, 0) is 6.08 Å². The molecule has 1 rings (SSSR count). The number of carbonyl (C=O) groups excluding carboxylic acids is 1. The lowest BCUT2D eigenvalue weighted by molar-refractivity contribution is -0.130. The normalized spacial score (nSPS) is 26.0. The van der Waals surface area contributed by atoms with E-state index in [1.807, 2.05) is 24.3 Å². The molecule has 0 saturated heterocycles. The van der Waals surface area contributed by atoms with E-state index in [0.717, 1.165) is 12.0 Å². The molecule has 1 aliphatic carbocycles. The van der Waals surface area contributed by atoms with Crippen LogP contribution in [0.3, 0.4) is 0 Å². The quantitative estimate of drug-likeness (QED) is 0.516. The number of ether oxygens (including phenoxy) is 1. The van der Waals surface area contributed by atoms with Crippen LogP contribution >= 0.6 is 12.0 Å². The second kappa shape index (κ2) is 4.48. The van der Waals surface area contributed by atoms with E-state index >= 15 is 0 Å². The second-order valence-electron chi connectivity index (χ2n) is 2.67. The maximum absolute atomic E-state index is 10.6. The fourth-order valence-corrected chi connectivity index (χ4v) is 1.58. The molecule has 72 valence electrons. The molecule has 0 aromatic rings. The molecule has 1 aliphatic rings. The number of carbonyl (C=O) groups is 1. The summed E-state index contributed by atoms with van der Waals surface area (Å²) in [7, 11) is 1.60. The summed E-state index contributed by atoms with van der Waals surface area (Å²) in [6.07, 6.45) is 8.37. The fraction of sp³-hybridized carbons (Fsp3) is 0.444. The minimum Gasteiger partial charge on any atom is -0.388 e. The van der Waals surface area contributed by atoms with Crippen molar-refractivity contribution in [2.45, 2.75) is 18.3 Å². The van der Waals surface area contributed by atoms with Crippen molar-refractivity contribution < 1.29 is 13.7 Å². The Balaban J connectivity index is 2.55. The maximum atomic E-state index is 10.6. The van der Waals surface area contributed by atoms with Gasteiger partial charge in [0.15, 0.2) is 4.93 Å². The molecule has 0 N–H and O–H groups in total. The molecule has 0 saturated carbocycles. The number of hydrogen-bond acceptors (Lipinski definition) is 4. The van der Waals surface area contributed by atoms with Gasteiger partial charge in [-0.2, -0.15) is 0 Å². The molecular formula is C9H12O3S. The molecule has 0 fully saturated rings. The van der Waals surface area contributed by atoms with Crippen LogP contribution in [0.15, 0.2) is 24.3 Å². The Morgan fingerprint density at radius 2 is 2.31 bits per heavy atom. The number of allylic oxidation sites excluding steroid dienone is 2. The molecule has 1 unspecified atom stereocenters.